The summed E-state index contributed by atoms with van der Waals surface area (Å²) < 4.78 is 48.0. The summed E-state index contributed by atoms with van der Waals surface area (Å²) in [5.74, 6) is 0. The van der Waals surface area contributed by atoms with Gasteiger partial charge in [0, 0.05) is 42.6 Å². The van der Waals surface area contributed by atoms with Crippen LogP contribution in [-0.2, 0) is 17.5 Å². The summed E-state index contributed by atoms with van der Waals surface area (Å²) in [7, 11) is 0. The lowest BCUT2D eigenvalue weighted by atomic mass is 10.1. The molecular formula is C19H20F3N3O. The molecule has 1 aliphatic rings. The van der Waals surface area contributed by atoms with Crippen LogP contribution in [0.2, 0.25) is 0 Å². The Morgan fingerprint density at radius 2 is 1.81 bits per heavy atom. The van der Waals surface area contributed by atoms with E-state index in [0.29, 0.717) is 37.3 Å². The normalized spacial score (nSPS) is 16.6. The number of hydrogen-bond donors (Lipinski definition) is 0. The number of hydrogen-bond acceptors (Lipinski definition) is 3. The molecular weight excluding hydrogens is 343 g/mol. The minimum Gasteiger partial charge on any atom is -0.379 e. The van der Waals surface area contributed by atoms with Crippen molar-refractivity contribution in [1.29, 1.82) is 0 Å². The van der Waals surface area contributed by atoms with Gasteiger partial charge in [0.1, 0.15) is 5.65 Å². The minimum atomic E-state index is -4.40. The molecule has 1 aliphatic heterocycles. The summed E-state index contributed by atoms with van der Waals surface area (Å²) in [6, 6.07) is 8.07. The monoisotopic (exact) mass is 363 g/mol. The number of alkyl halides is 3. The van der Waals surface area contributed by atoms with Crippen LogP contribution in [0.3, 0.4) is 0 Å². The van der Waals surface area contributed by atoms with Gasteiger partial charge in [-0.3, -0.25) is 4.90 Å². The summed E-state index contributed by atoms with van der Waals surface area (Å²) in [5.41, 5.74) is 1.03. The lowest BCUT2D eigenvalue weighted by molar-refractivity contribution is -0.136. The molecule has 138 valence electrons. The fourth-order valence-electron chi connectivity index (χ4n) is 3.63. The van der Waals surface area contributed by atoms with Crippen LogP contribution in [0.5, 0.6) is 0 Å². The molecule has 0 unspecified atom stereocenters. The van der Waals surface area contributed by atoms with E-state index in [-0.39, 0.29) is 5.52 Å². The van der Waals surface area contributed by atoms with Gasteiger partial charge in [0.15, 0.2) is 0 Å². The Morgan fingerprint density at radius 1 is 1.04 bits per heavy atom. The van der Waals surface area contributed by atoms with Gasteiger partial charge >= 0.3 is 6.18 Å². The molecule has 1 aromatic carbocycles. The minimum absolute atomic E-state index is 0.223. The third-order valence-electron chi connectivity index (χ3n) is 4.92. The highest BCUT2D eigenvalue weighted by Crippen LogP contribution is 2.38. The Kier molecular flexibility index (Phi) is 4.36. The molecule has 2 aromatic heterocycles. The van der Waals surface area contributed by atoms with Crippen LogP contribution in [0.1, 0.15) is 11.3 Å². The fourth-order valence-corrected chi connectivity index (χ4v) is 3.63. The van der Waals surface area contributed by atoms with E-state index >= 15 is 0 Å². The van der Waals surface area contributed by atoms with E-state index in [1.165, 1.54) is 6.07 Å². The first kappa shape index (κ1) is 17.3. The van der Waals surface area contributed by atoms with Crippen LogP contribution in [0.15, 0.2) is 30.3 Å². The van der Waals surface area contributed by atoms with Gasteiger partial charge in [0.25, 0.3) is 0 Å². The maximum atomic E-state index is 13.6. The summed E-state index contributed by atoms with van der Waals surface area (Å²) in [6.45, 7) is 5.92. The third kappa shape index (κ3) is 3.05. The fraction of sp³-hybridized carbons (Fsp3) is 0.421. The highest BCUT2D eigenvalue weighted by atomic mass is 19.4. The van der Waals surface area contributed by atoms with Gasteiger partial charge in [-0.1, -0.05) is 12.1 Å². The maximum Gasteiger partial charge on any atom is 0.418 e. The Hall–Kier alpha value is -2.12. The third-order valence-corrected chi connectivity index (χ3v) is 4.92. The second kappa shape index (κ2) is 6.55. The standard InChI is InChI=1S/C19H20F3N3O/c1-13-5-6-15-14-3-2-4-16(19(20,21)22)17(14)25(18(15)23-13)8-7-24-9-11-26-12-10-24/h2-6H,7-12H2,1H3. The maximum absolute atomic E-state index is 13.6. The van der Waals surface area contributed by atoms with Crippen molar-refractivity contribution in [3.8, 4) is 0 Å². The van der Waals surface area contributed by atoms with Crippen molar-refractivity contribution in [2.45, 2.75) is 19.6 Å². The van der Waals surface area contributed by atoms with Crippen LogP contribution in [-0.4, -0.2) is 47.3 Å². The van der Waals surface area contributed by atoms with Crippen molar-refractivity contribution in [3.05, 3.63) is 41.6 Å². The molecule has 4 rings (SSSR count). The van der Waals surface area contributed by atoms with E-state index < -0.39 is 11.7 Å². The van der Waals surface area contributed by atoms with Gasteiger partial charge in [0.2, 0.25) is 0 Å². The van der Waals surface area contributed by atoms with Gasteiger partial charge < -0.3 is 9.30 Å². The SMILES string of the molecule is Cc1ccc2c3cccc(C(F)(F)F)c3n(CCN3CCOCC3)c2n1. The predicted molar refractivity (Wildman–Crippen MR) is 94.2 cm³/mol. The molecule has 3 aromatic rings. The molecule has 0 N–H and O–H groups in total. The van der Waals surface area contributed by atoms with Crippen molar-refractivity contribution >= 4 is 21.9 Å². The number of nitrogens with zero attached hydrogens (tertiary/aromatic N) is 3. The molecule has 0 spiro atoms. The number of aryl methyl sites for hydroxylation is 1. The lowest BCUT2D eigenvalue weighted by Gasteiger charge is -2.27. The quantitative estimate of drug-likeness (QED) is 0.708. The van der Waals surface area contributed by atoms with Crippen LogP contribution in [0.25, 0.3) is 21.9 Å². The van der Waals surface area contributed by atoms with Crippen molar-refractivity contribution in [3.63, 3.8) is 0 Å². The molecule has 4 nitrogen and oxygen atoms in total. The van der Waals surface area contributed by atoms with E-state index in [1.54, 1.807) is 10.6 Å². The van der Waals surface area contributed by atoms with Gasteiger partial charge in [-0.05, 0) is 25.1 Å². The molecule has 1 saturated heterocycles. The Balaban J connectivity index is 1.87. The molecule has 0 bridgehead atoms. The van der Waals surface area contributed by atoms with Crippen LogP contribution in [0, 0.1) is 6.92 Å². The van der Waals surface area contributed by atoms with E-state index in [9.17, 15) is 13.2 Å². The molecule has 0 saturated carbocycles. The average molecular weight is 363 g/mol. The smallest absolute Gasteiger partial charge is 0.379 e. The van der Waals surface area contributed by atoms with E-state index in [2.05, 4.69) is 9.88 Å². The number of ether oxygens (including phenoxy) is 1. The molecule has 1 fully saturated rings. The van der Waals surface area contributed by atoms with Crippen LogP contribution in [0.4, 0.5) is 13.2 Å². The average Bonchev–Trinajstić information content (AvgIpc) is 2.92. The number of halogens is 3. The second-order valence-electron chi connectivity index (χ2n) is 6.63. The molecule has 0 atom stereocenters. The second-order valence-corrected chi connectivity index (χ2v) is 6.63. The predicted octanol–water partition coefficient (Wildman–Crippen LogP) is 3.85. The topological polar surface area (TPSA) is 30.3 Å². The molecule has 26 heavy (non-hydrogen) atoms. The number of rotatable bonds is 3. The lowest BCUT2D eigenvalue weighted by Crippen LogP contribution is -2.38. The van der Waals surface area contributed by atoms with Crippen LogP contribution < -0.4 is 0 Å². The van der Waals surface area contributed by atoms with E-state index in [0.717, 1.165) is 30.2 Å². The van der Waals surface area contributed by atoms with Gasteiger partial charge in [-0.25, -0.2) is 4.98 Å². The molecule has 7 heteroatoms. The Labute approximate surface area is 149 Å². The molecule has 0 aliphatic carbocycles. The first-order valence-electron chi connectivity index (χ1n) is 8.71. The van der Waals surface area contributed by atoms with E-state index in [4.69, 9.17) is 4.74 Å². The van der Waals surface area contributed by atoms with Crippen molar-refractivity contribution in [2.75, 3.05) is 32.8 Å². The zero-order valence-electron chi connectivity index (χ0n) is 14.5. The zero-order valence-corrected chi connectivity index (χ0v) is 14.5. The first-order chi connectivity index (χ1) is 12.4. The summed E-state index contributed by atoms with van der Waals surface area (Å²) in [4.78, 5) is 6.77. The summed E-state index contributed by atoms with van der Waals surface area (Å²) in [6.07, 6.45) is -4.40. The number of morpholine rings is 1. The largest absolute Gasteiger partial charge is 0.418 e. The number of benzene rings is 1. The highest BCUT2D eigenvalue weighted by molar-refractivity contribution is 6.08. The van der Waals surface area contributed by atoms with Crippen molar-refractivity contribution < 1.29 is 17.9 Å². The molecule has 0 radical (unpaired) electrons. The van der Waals surface area contributed by atoms with E-state index in [1.807, 2.05) is 19.1 Å². The molecule has 0 amide bonds. The Morgan fingerprint density at radius 3 is 2.54 bits per heavy atom. The van der Waals surface area contributed by atoms with Gasteiger partial charge in [0.05, 0.1) is 24.3 Å². The summed E-state index contributed by atoms with van der Waals surface area (Å²) >= 11 is 0. The number of fused-ring (bicyclic) bond motifs is 3. The zero-order chi connectivity index (χ0) is 18.3. The number of pyridine rings is 1. The number of aromatic nitrogens is 2. The molecule has 3 heterocycles. The first-order valence-corrected chi connectivity index (χ1v) is 8.71. The van der Waals surface area contributed by atoms with Gasteiger partial charge in [-0.15, -0.1) is 0 Å². The highest BCUT2D eigenvalue weighted by Gasteiger charge is 2.34. The summed E-state index contributed by atoms with van der Waals surface area (Å²) in [5, 5.41) is 1.36. The van der Waals surface area contributed by atoms with Gasteiger partial charge in [-0.2, -0.15) is 13.2 Å². The van der Waals surface area contributed by atoms with Crippen LogP contribution >= 0.6 is 0 Å². The Bertz CT molecular complexity index is 942. The van der Waals surface area contributed by atoms with Crippen molar-refractivity contribution in [1.82, 2.24) is 14.5 Å². The van der Waals surface area contributed by atoms with Crippen molar-refractivity contribution in [2.24, 2.45) is 0 Å². The number of para-hydroxylation sites is 1.